The predicted molar refractivity (Wildman–Crippen MR) is 75.5 cm³/mol. The Kier molecular flexibility index (Phi) is 8.01. The number of nitrogens with one attached hydrogen (secondary N) is 1. The van der Waals surface area contributed by atoms with Gasteiger partial charge in [0.25, 0.3) is 0 Å². The molecule has 0 aromatic rings. The van der Waals surface area contributed by atoms with Crippen LogP contribution in [0.4, 0.5) is 0 Å². The first-order valence-corrected chi connectivity index (χ1v) is 6.86. The highest BCUT2D eigenvalue weighted by Crippen LogP contribution is 2.25. The summed E-state index contributed by atoms with van der Waals surface area (Å²) in [6.45, 7) is 14.5. The molecule has 0 aromatic heterocycles. The van der Waals surface area contributed by atoms with E-state index in [0.29, 0.717) is 12.0 Å². The average Bonchev–Trinajstić information content (AvgIpc) is 2.28. The standard InChI is InChI=1S/C14H32N2O/c1-8-16(9-2)14(4,5)13(15-6)12(3)10-11-17-7/h12-13,15H,8-11H2,1-7H3. The Morgan fingerprint density at radius 3 is 2.12 bits per heavy atom. The lowest BCUT2D eigenvalue weighted by Gasteiger charge is -2.46. The quantitative estimate of drug-likeness (QED) is 0.674. The molecule has 2 unspecified atom stereocenters. The molecule has 3 nitrogen and oxygen atoms in total. The van der Waals surface area contributed by atoms with Crippen LogP contribution in [-0.2, 0) is 4.74 Å². The normalized spacial score (nSPS) is 16.2. The number of nitrogens with zero attached hydrogens (tertiary/aromatic N) is 1. The summed E-state index contributed by atoms with van der Waals surface area (Å²) in [4.78, 5) is 2.53. The van der Waals surface area contributed by atoms with Crippen LogP contribution in [0.25, 0.3) is 0 Å². The van der Waals surface area contributed by atoms with Gasteiger partial charge in [-0.1, -0.05) is 20.8 Å². The molecule has 0 heterocycles. The van der Waals surface area contributed by atoms with E-state index in [2.05, 4.69) is 51.9 Å². The van der Waals surface area contributed by atoms with E-state index in [1.807, 2.05) is 0 Å². The van der Waals surface area contributed by atoms with Gasteiger partial charge in [-0.3, -0.25) is 4.90 Å². The molecule has 0 radical (unpaired) electrons. The van der Waals surface area contributed by atoms with Gasteiger partial charge >= 0.3 is 0 Å². The van der Waals surface area contributed by atoms with Crippen LogP contribution < -0.4 is 5.32 Å². The number of rotatable bonds is 9. The third-order valence-electron chi connectivity index (χ3n) is 4.00. The number of hydrogen-bond donors (Lipinski definition) is 1. The van der Waals surface area contributed by atoms with Gasteiger partial charge in [-0.2, -0.15) is 0 Å². The topological polar surface area (TPSA) is 24.5 Å². The third-order valence-corrected chi connectivity index (χ3v) is 4.00. The summed E-state index contributed by atoms with van der Waals surface area (Å²) in [7, 11) is 3.84. The van der Waals surface area contributed by atoms with Crippen molar-refractivity contribution in [1.29, 1.82) is 0 Å². The molecule has 0 spiro atoms. The first-order chi connectivity index (χ1) is 7.95. The monoisotopic (exact) mass is 244 g/mol. The maximum Gasteiger partial charge on any atom is 0.0465 e. The molecular weight excluding hydrogens is 212 g/mol. The lowest BCUT2D eigenvalue weighted by Crippen LogP contribution is -2.59. The van der Waals surface area contributed by atoms with Crippen LogP contribution in [-0.4, -0.2) is 50.3 Å². The highest BCUT2D eigenvalue weighted by Gasteiger charge is 2.35. The first-order valence-electron chi connectivity index (χ1n) is 6.86. The smallest absolute Gasteiger partial charge is 0.0465 e. The molecule has 1 N–H and O–H groups in total. The lowest BCUT2D eigenvalue weighted by atomic mass is 9.82. The minimum atomic E-state index is 0.172. The molecule has 17 heavy (non-hydrogen) atoms. The zero-order chi connectivity index (χ0) is 13.5. The third kappa shape index (κ3) is 4.57. The average molecular weight is 244 g/mol. The van der Waals surface area contributed by atoms with Crippen LogP contribution in [0.1, 0.15) is 41.0 Å². The molecule has 104 valence electrons. The van der Waals surface area contributed by atoms with E-state index in [1.165, 1.54) is 0 Å². The van der Waals surface area contributed by atoms with E-state index in [-0.39, 0.29) is 5.54 Å². The molecule has 0 fully saturated rings. The van der Waals surface area contributed by atoms with E-state index in [1.54, 1.807) is 7.11 Å². The maximum absolute atomic E-state index is 5.19. The second-order valence-corrected chi connectivity index (χ2v) is 5.35. The molecule has 0 aliphatic rings. The molecule has 0 aliphatic heterocycles. The molecule has 0 rings (SSSR count). The van der Waals surface area contributed by atoms with Gasteiger partial charge in [0.05, 0.1) is 0 Å². The molecule has 3 heteroatoms. The Balaban J connectivity index is 4.70. The summed E-state index contributed by atoms with van der Waals surface area (Å²) < 4.78 is 5.19. The molecular formula is C14H32N2O. The molecule has 0 aliphatic carbocycles. The van der Waals surface area contributed by atoms with Crippen molar-refractivity contribution in [1.82, 2.24) is 10.2 Å². The number of ether oxygens (including phenoxy) is 1. The number of likely N-dealkylation sites (N-methyl/N-ethyl adjacent to an activating group) is 2. The summed E-state index contributed by atoms with van der Waals surface area (Å²) in [6, 6.07) is 0.484. The second kappa shape index (κ2) is 8.06. The van der Waals surface area contributed by atoms with Gasteiger partial charge in [-0.15, -0.1) is 0 Å². The van der Waals surface area contributed by atoms with Crippen LogP contribution in [0.5, 0.6) is 0 Å². The van der Waals surface area contributed by atoms with Gasteiger partial charge in [0.15, 0.2) is 0 Å². The van der Waals surface area contributed by atoms with Crippen LogP contribution in [0, 0.1) is 5.92 Å². The highest BCUT2D eigenvalue weighted by atomic mass is 16.5. The molecule has 0 amide bonds. The van der Waals surface area contributed by atoms with E-state index in [4.69, 9.17) is 4.74 Å². The van der Waals surface area contributed by atoms with E-state index in [0.717, 1.165) is 26.1 Å². The van der Waals surface area contributed by atoms with Crippen LogP contribution >= 0.6 is 0 Å². The van der Waals surface area contributed by atoms with Gasteiger partial charge < -0.3 is 10.1 Å². The van der Waals surface area contributed by atoms with E-state index in [9.17, 15) is 0 Å². The van der Waals surface area contributed by atoms with Crippen LogP contribution in [0.2, 0.25) is 0 Å². The second-order valence-electron chi connectivity index (χ2n) is 5.35. The molecule has 0 bridgehead atoms. The van der Waals surface area contributed by atoms with Gasteiger partial charge in [0.1, 0.15) is 0 Å². The molecule has 0 aromatic carbocycles. The van der Waals surface area contributed by atoms with Crippen molar-refractivity contribution >= 4 is 0 Å². The van der Waals surface area contributed by atoms with Gasteiger partial charge in [0.2, 0.25) is 0 Å². The van der Waals surface area contributed by atoms with E-state index < -0.39 is 0 Å². The Bertz CT molecular complexity index is 191. The largest absolute Gasteiger partial charge is 0.385 e. The van der Waals surface area contributed by atoms with Crippen molar-refractivity contribution in [3.63, 3.8) is 0 Å². The first kappa shape index (κ1) is 16.9. The van der Waals surface area contributed by atoms with Crippen LogP contribution in [0.15, 0.2) is 0 Å². The van der Waals surface area contributed by atoms with Crippen molar-refractivity contribution in [2.45, 2.75) is 52.6 Å². The van der Waals surface area contributed by atoms with Gasteiger partial charge in [-0.25, -0.2) is 0 Å². The Hall–Kier alpha value is -0.120. The van der Waals surface area contributed by atoms with Gasteiger partial charge in [-0.05, 0) is 46.3 Å². The minimum absolute atomic E-state index is 0.172. The Labute approximate surface area is 108 Å². The molecule has 0 saturated carbocycles. The summed E-state index contributed by atoms with van der Waals surface area (Å²) in [5, 5.41) is 3.50. The minimum Gasteiger partial charge on any atom is -0.385 e. The van der Waals surface area contributed by atoms with Crippen molar-refractivity contribution in [2.24, 2.45) is 5.92 Å². The van der Waals surface area contributed by atoms with Crippen LogP contribution in [0.3, 0.4) is 0 Å². The Morgan fingerprint density at radius 1 is 1.24 bits per heavy atom. The Morgan fingerprint density at radius 2 is 1.76 bits per heavy atom. The van der Waals surface area contributed by atoms with Crippen molar-refractivity contribution in [2.75, 3.05) is 33.9 Å². The summed E-state index contributed by atoms with van der Waals surface area (Å²) in [6.07, 6.45) is 1.10. The highest BCUT2D eigenvalue weighted by molar-refractivity contribution is 4.95. The summed E-state index contributed by atoms with van der Waals surface area (Å²) in [5.41, 5.74) is 0.172. The van der Waals surface area contributed by atoms with Gasteiger partial charge in [0, 0.05) is 25.3 Å². The number of hydrogen-bond acceptors (Lipinski definition) is 3. The lowest BCUT2D eigenvalue weighted by molar-refractivity contribution is 0.0619. The fraction of sp³-hybridized carbons (Fsp3) is 1.00. The molecule has 0 saturated heterocycles. The fourth-order valence-corrected chi connectivity index (χ4v) is 3.04. The van der Waals surface area contributed by atoms with Crippen molar-refractivity contribution < 1.29 is 4.74 Å². The molecule has 2 atom stereocenters. The zero-order valence-corrected chi connectivity index (χ0v) is 12.8. The number of methoxy groups -OCH3 is 1. The maximum atomic E-state index is 5.19. The van der Waals surface area contributed by atoms with Crippen molar-refractivity contribution in [3.05, 3.63) is 0 Å². The summed E-state index contributed by atoms with van der Waals surface area (Å²) in [5.74, 6) is 0.607. The van der Waals surface area contributed by atoms with E-state index >= 15 is 0 Å². The summed E-state index contributed by atoms with van der Waals surface area (Å²) >= 11 is 0. The SMILES string of the molecule is CCN(CC)C(C)(C)C(NC)C(C)CCOC. The van der Waals surface area contributed by atoms with Crippen molar-refractivity contribution in [3.8, 4) is 0 Å². The zero-order valence-electron chi connectivity index (χ0n) is 12.8. The predicted octanol–water partition coefficient (Wildman–Crippen LogP) is 2.37. The fourth-order valence-electron chi connectivity index (χ4n) is 3.04.